The van der Waals surface area contributed by atoms with Crippen molar-refractivity contribution in [1.29, 1.82) is 0 Å². The van der Waals surface area contributed by atoms with Crippen molar-refractivity contribution in [1.82, 2.24) is 10.2 Å². The Morgan fingerprint density at radius 1 is 1.35 bits per heavy atom. The summed E-state index contributed by atoms with van der Waals surface area (Å²) in [6.45, 7) is 7.84. The van der Waals surface area contributed by atoms with Crippen LogP contribution >= 0.6 is 0 Å². The Morgan fingerprint density at radius 2 is 2.05 bits per heavy atom. The first-order valence-electron chi connectivity index (χ1n) is 7.22. The third-order valence-corrected chi connectivity index (χ3v) is 5.21. The predicted molar refractivity (Wildman–Crippen MR) is 79.4 cm³/mol. The molecule has 1 N–H and O–H groups in total. The highest BCUT2D eigenvalue weighted by atomic mass is 32.2. The van der Waals surface area contributed by atoms with Gasteiger partial charge in [-0.1, -0.05) is 6.92 Å². The summed E-state index contributed by atoms with van der Waals surface area (Å²) in [6.07, 6.45) is 1.11. The number of nitrogens with one attached hydrogen (secondary N) is 1. The number of aryl methyl sites for hydroxylation is 1. The average molecular weight is 300 g/mol. The normalized spacial score (nSPS) is 19.3. The summed E-state index contributed by atoms with van der Waals surface area (Å²) < 4.78 is 28.7. The first-order valence-corrected chi connectivity index (χ1v) is 9.04. The first kappa shape index (κ1) is 15.5. The van der Waals surface area contributed by atoms with E-state index in [0.29, 0.717) is 19.6 Å². The van der Waals surface area contributed by atoms with E-state index >= 15 is 0 Å². The molecule has 20 heavy (non-hydrogen) atoms. The number of hydrogen-bond acceptors (Lipinski definition) is 5. The van der Waals surface area contributed by atoms with Gasteiger partial charge in [-0.15, -0.1) is 0 Å². The molecule has 1 aliphatic rings. The van der Waals surface area contributed by atoms with Crippen LogP contribution in [0, 0.1) is 6.92 Å². The van der Waals surface area contributed by atoms with Gasteiger partial charge >= 0.3 is 0 Å². The Kier molecular flexibility index (Phi) is 5.23. The molecule has 1 aromatic heterocycles. The van der Waals surface area contributed by atoms with Crippen molar-refractivity contribution in [3.63, 3.8) is 0 Å². The second-order valence-electron chi connectivity index (χ2n) is 5.42. The fourth-order valence-electron chi connectivity index (χ4n) is 2.35. The molecule has 0 radical (unpaired) electrons. The van der Waals surface area contributed by atoms with Crippen LogP contribution in [0.3, 0.4) is 0 Å². The largest absolute Gasteiger partial charge is 0.463 e. The number of furan rings is 1. The highest BCUT2D eigenvalue weighted by Gasteiger charge is 2.22. The molecule has 1 saturated heterocycles. The van der Waals surface area contributed by atoms with E-state index in [-0.39, 0.29) is 11.5 Å². The molecule has 0 atom stereocenters. The zero-order chi connectivity index (χ0) is 14.6. The lowest BCUT2D eigenvalue weighted by Gasteiger charge is -2.25. The van der Waals surface area contributed by atoms with Crippen molar-refractivity contribution < 1.29 is 12.8 Å². The summed E-state index contributed by atoms with van der Waals surface area (Å²) >= 11 is 0. The van der Waals surface area contributed by atoms with Gasteiger partial charge in [-0.2, -0.15) is 0 Å². The molecular formula is C14H24N2O3S. The van der Waals surface area contributed by atoms with E-state index < -0.39 is 9.84 Å². The van der Waals surface area contributed by atoms with Gasteiger partial charge in [0.2, 0.25) is 0 Å². The van der Waals surface area contributed by atoms with Crippen LogP contribution in [0.2, 0.25) is 0 Å². The highest BCUT2D eigenvalue weighted by molar-refractivity contribution is 7.91. The molecule has 114 valence electrons. The van der Waals surface area contributed by atoms with Crippen molar-refractivity contribution in [3.05, 3.63) is 23.2 Å². The average Bonchev–Trinajstić information content (AvgIpc) is 2.73. The molecule has 1 aliphatic heterocycles. The maximum atomic E-state index is 11.4. The lowest BCUT2D eigenvalue weighted by atomic mass is 10.2. The van der Waals surface area contributed by atoms with Gasteiger partial charge in [-0.3, -0.25) is 4.90 Å². The molecule has 0 aromatic carbocycles. The van der Waals surface area contributed by atoms with Gasteiger partial charge in [0.15, 0.2) is 9.84 Å². The molecule has 2 heterocycles. The zero-order valence-corrected chi connectivity index (χ0v) is 13.1. The molecule has 6 heteroatoms. The van der Waals surface area contributed by atoms with Crippen LogP contribution in [0.4, 0.5) is 0 Å². The molecular weight excluding hydrogens is 276 g/mol. The Labute approximate surface area is 121 Å². The van der Waals surface area contributed by atoms with Crippen molar-refractivity contribution in [2.75, 3.05) is 31.1 Å². The maximum absolute atomic E-state index is 11.4. The molecule has 1 fully saturated rings. The van der Waals surface area contributed by atoms with Crippen LogP contribution in [0.5, 0.6) is 0 Å². The number of nitrogens with zero attached hydrogens (tertiary/aromatic N) is 1. The summed E-state index contributed by atoms with van der Waals surface area (Å²) in [7, 11) is -2.81. The van der Waals surface area contributed by atoms with Gasteiger partial charge in [0.1, 0.15) is 11.5 Å². The minimum absolute atomic E-state index is 0.262. The Balaban J connectivity index is 1.89. The second kappa shape index (κ2) is 6.74. The van der Waals surface area contributed by atoms with Crippen molar-refractivity contribution in [3.8, 4) is 0 Å². The van der Waals surface area contributed by atoms with E-state index in [2.05, 4.69) is 30.1 Å². The van der Waals surface area contributed by atoms with E-state index in [0.717, 1.165) is 36.6 Å². The second-order valence-corrected chi connectivity index (χ2v) is 7.73. The van der Waals surface area contributed by atoms with Crippen LogP contribution in [0.15, 0.2) is 10.5 Å². The molecule has 0 bridgehead atoms. The van der Waals surface area contributed by atoms with Crippen LogP contribution in [0.1, 0.15) is 30.4 Å². The lowest BCUT2D eigenvalue weighted by molar-refractivity contribution is 0.258. The van der Waals surface area contributed by atoms with E-state index in [9.17, 15) is 8.42 Å². The number of sulfone groups is 1. The Morgan fingerprint density at radius 3 is 2.70 bits per heavy atom. The predicted octanol–water partition coefficient (Wildman–Crippen LogP) is 1.32. The molecule has 0 spiro atoms. The fraction of sp³-hybridized carbons (Fsp3) is 0.714. The van der Waals surface area contributed by atoms with Gasteiger partial charge < -0.3 is 9.73 Å². The number of rotatable bonds is 6. The summed E-state index contributed by atoms with van der Waals surface area (Å²) in [5.74, 6) is 2.43. The standard InChI is InChI=1S/C14H24N2O3S/c1-3-4-15-10-14-12(2)9-13(19-14)11-16-5-7-20(17,18)8-6-16/h9,15H,3-8,10-11H2,1-2H3. The molecule has 1 aromatic rings. The van der Waals surface area contributed by atoms with E-state index in [4.69, 9.17) is 4.42 Å². The van der Waals surface area contributed by atoms with Crippen LogP contribution in [0.25, 0.3) is 0 Å². The van der Waals surface area contributed by atoms with Crippen molar-refractivity contribution >= 4 is 9.84 Å². The topological polar surface area (TPSA) is 62.6 Å². The summed E-state index contributed by atoms with van der Waals surface area (Å²) in [5, 5.41) is 3.33. The third-order valence-electron chi connectivity index (χ3n) is 3.60. The van der Waals surface area contributed by atoms with E-state index in [1.807, 2.05) is 0 Å². The van der Waals surface area contributed by atoms with E-state index in [1.54, 1.807) is 0 Å². The monoisotopic (exact) mass is 300 g/mol. The first-order chi connectivity index (χ1) is 9.50. The number of hydrogen-bond donors (Lipinski definition) is 1. The van der Waals surface area contributed by atoms with Gasteiger partial charge in [-0.05, 0) is 31.5 Å². The molecule has 0 unspecified atom stereocenters. The van der Waals surface area contributed by atoms with Gasteiger partial charge in [0.25, 0.3) is 0 Å². The van der Waals surface area contributed by atoms with Gasteiger partial charge in [0, 0.05) is 13.1 Å². The van der Waals surface area contributed by atoms with Crippen LogP contribution < -0.4 is 5.32 Å². The molecule has 0 saturated carbocycles. The third kappa shape index (κ3) is 4.33. The molecule has 5 nitrogen and oxygen atoms in total. The summed E-state index contributed by atoms with van der Waals surface area (Å²) in [6, 6.07) is 2.06. The summed E-state index contributed by atoms with van der Waals surface area (Å²) in [4.78, 5) is 2.14. The Hall–Kier alpha value is -0.850. The van der Waals surface area contributed by atoms with Gasteiger partial charge in [0.05, 0.1) is 24.6 Å². The minimum atomic E-state index is -2.81. The van der Waals surface area contributed by atoms with Crippen molar-refractivity contribution in [2.45, 2.75) is 33.4 Å². The SMILES string of the molecule is CCCNCc1oc(CN2CCS(=O)(=O)CC2)cc1C. The fourth-order valence-corrected chi connectivity index (χ4v) is 3.63. The van der Waals surface area contributed by atoms with Crippen molar-refractivity contribution in [2.24, 2.45) is 0 Å². The molecule has 0 aliphatic carbocycles. The molecule has 2 rings (SSSR count). The van der Waals surface area contributed by atoms with E-state index in [1.165, 1.54) is 0 Å². The quantitative estimate of drug-likeness (QED) is 0.803. The van der Waals surface area contributed by atoms with Gasteiger partial charge in [-0.25, -0.2) is 8.42 Å². The maximum Gasteiger partial charge on any atom is 0.152 e. The lowest BCUT2D eigenvalue weighted by Crippen LogP contribution is -2.39. The zero-order valence-electron chi connectivity index (χ0n) is 12.3. The summed E-state index contributed by atoms with van der Waals surface area (Å²) in [5.41, 5.74) is 1.16. The Bertz CT molecular complexity index is 523. The molecule has 0 amide bonds. The van der Waals surface area contributed by atoms with Crippen LogP contribution in [-0.2, 0) is 22.9 Å². The minimum Gasteiger partial charge on any atom is -0.463 e. The smallest absolute Gasteiger partial charge is 0.152 e. The van der Waals surface area contributed by atoms with Crippen LogP contribution in [-0.4, -0.2) is 44.5 Å². The highest BCUT2D eigenvalue weighted by Crippen LogP contribution is 2.17.